The molecule has 2 N–H and O–H groups in total. The van der Waals surface area contributed by atoms with Gasteiger partial charge in [0.2, 0.25) is 0 Å². The van der Waals surface area contributed by atoms with Crippen molar-refractivity contribution in [2.24, 2.45) is 5.10 Å². The molecule has 10 heteroatoms. The molecular weight excluding hydrogens is 532 g/mol. The van der Waals surface area contributed by atoms with Gasteiger partial charge in [-0.3, -0.25) is 14.2 Å². The minimum Gasteiger partial charge on any atom is -0.504 e. The van der Waals surface area contributed by atoms with E-state index in [1.54, 1.807) is 30.3 Å². The Balaban J connectivity index is 1.51. The predicted octanol–water partition coefficient (Wildman–Crippen LogP) is 4.49. The number of phenols is 1. The number of nitrogens with zero attached hydrogens (tertiary/aromatic N) is 3. The lowest BCUT2D eigenvalue weighted by Crippen LogP contribution is -2.24. The number of aromatic nitrogens is 2. The summed E-state index contributed by atoms with van der Waals surface area (Å²) in [6.07, 6.45) is 1.45. The van der Waals surface area contributed by atoms with E-state index in [1.807, 2.05) is 37.3 Å². The topological polar surface area (TPSA) is 106 Å². The van der Waals surface area contributed by atoms with Gasteiger partial charge in [0.05, 0.1) is 35.2 Å². The zero-order chi connectivity index (χ0) is 24.8. The van der Waals surface area contributed by atoms with Crippen LogP contribution < -0.4 is 15.7 Å². The fourth-order valence-corrected chi connectivity index (χ4v) is 4.32. The largest absolute Gasteiger partial charge is 0.504 e. The molecule has 0 saturated carbocycles. The summed E-state index contributed by atoms with van der Waals surface area (Å²) in [7, 11) is 0. The van der Waals surface area contributed by atoms with E-state index in [1.165, 1.54) is 16.8 Å². The third-order valence-corrected chi connectivity index (χ3v) is 6.32. The molecule has 0 spiro atoms. The summed E-state index contributed by atoms with van der Waals surface area (Å²) in [6, 6.07) is 19.2. The number of benzene rings is 3. The molecule has 0 atom stereocenters. The van der Waals surface area contributed by atoms with Crippen LogP contribution in [0.3, 0.4) is 0 Å². The fourth-order valence-electron chi connectivity index (χ4n) is 3.25. The standard InChI is InChI=1S/C25H21BrN4O4S/c1-2-34-22-13-16(7-12-21(22)31)14-27-29-23(32)15-35-25-28-20-6-4-3-5-19(20)24(33)30(25)18-10-8-17(26)9-11-18/h3-14,31H,2,15H2,1H3,(H,29,32)/b27-14-. The normalized spacial score (nSPS) is 11.1. The first kappa shape index (κ1) is 24.5. The van der Waals surface area contributed by atoms with Crippen molar-refractivity contribution in [1.29, 1.82) is 0 Å². The van der Waals surface area contributed by atoms with E-state index in [0.717, 1.165) is 16.2 Å². The summed E-state index contributed by atoms with van der Waals surface area (Å²) in [5.41, 5.74) is 4.12. The van der Waals surface area contributed by atoms with Crippen molar-refractivity contribution < 1.29 is 14.6 Å². The average molecular weight is 553 g/mol. The molecule has 4 rings (SSSR count). The molecule has 35 heavy (non-hydrogen) atoms. The summed E-state index contributed by atoms with van der Waals surface area (Å²) < 4.78 is 7.73. The van der Waals surface area contributed by atoms with Crippen LogP contribution in [0.4, 0.5) is 0 Å². The van der Waals surface area contributed by atoms with Crippen molar-refractivity contribution in [2.45, 2.75) is 12.1 Å². The van der Waals surface area contributed by atoms with Crippen molar-refractivity contribution >= 4 is 50.7 Å². The van der Waals surface area contributed by atoms with Crippen LogP contribution in [0, 0.1) is 0 Å². The number of para-hydroxylation sites is 1. The van der Waals surface area contributed by atoms with E-state index in [0.29, 0.717) is 39.7 Å². The van der Waals surface area contributed by atoms with Gasteiger partial charge in [0.1, 0.15) is 0 Å². The highest BCUT2D eigenvalue weighted by atomic mass is 79.9. The highest BCUT2D eigenvalue weighted by Gasteiger charge is 2.14. The summed E-state index contributed by atoms with van der Waals surface area (Å²) >= 11 is 4.55. The quantitative estimate of drug-likeness (QED) is 0.144. The van der Waals surface area contributed by atoms with Gasteiger partial charge in [-0.1, -0.05) is 39.8 Å². The van der Waals surface area contributed by atoms with Crippen LogP contribution in [0.25, 0.3) is 16.6 Å². The smallest absolute Gasteiger partial charge is 0.266 e. The molecule has 0 aliphatic rings. The van der Waals surface area contributed by atoms with Crippen molar-refractivity contribution in [1.82, 2.24) is 15.0 Å². The van der Waals surface area contributed by atoms with E-state index in [-0.39, 0.29) is 23.0 Å². The number of thioether (sulfide) groups is 1. The number of halogens is 1. The molecule has 4 aromatic rings. The molecule has 0 aliphatic heterocycles. The van der Waals surface area contributed by atoms with E-state index < -0.39 is 0 Å². The lowest BCUT2D eigenvalue weighted by Gasteiger charge is -2.13. The Hall–Kier alpha value is -3.63. The van der Waals surface area contributed by atoms with Crippen molar-refractivity contribution in [2.75, 3.05) is 12.4 Å². The number of phenolic OH excluding ortho intramolecular Hbond substituents is 1. The molecule has 178 valence electrons. The molecule has 0 fully saturated rings. The van der Waals surface area contributed by atoms with E-state index in [4.69, 9.17) is 4.74 Å². The summed E-state index contributed by atoms with van der Waals surface area (Å²) in [4.78, 5) is 30.3. The first-order valence-electron chi connectivity index (χ1n) is 10.6. The van der Waals surface area contributed by atoms with Gasteiger partial charge >= 0.3 is 0 Å². The number of aromatic hydroxyl groups is 1. The maximum Gasteiger partial charge on any atom is 0.266 e. The maximum atomic E-state index is 13.3. The first-order chi connectivity index (χ1) is 17.0. The molecule has 0 saturated heterocycles. The number of hydrogen-bond acceptors (Lipinski definition) is 7. The Kier molecular flexibility index (Phi) is 7.84. The lowest BCUT2D eigenvalue weighted by molar-refractivity contribution is -0.118. The number of hydrogen-bond donors (Lipinski definition) is 2. The molecule has 0 aliphatic carbocycles. The van der Waals surface area contributed by atoms with Gasteiger partial charge in [-0.2, -0.15) is 5.10 Å². The number of nitrogens with one attached hydrogen (secondary N) is 1. The molecular formula is C25H21BrN4O4S. The average Bonchev–Trinajstić information content (AvgIpc) is 2.86. The molecule has 1 amide bonds. The highest BCUT2D eigenvalue weighted by Crippen LogP contribution is 2.26. The second-order valence-electron chi connectivity index (χ2n) is 7.27. The van der Waals surface area contributed by atoms with E-state index in [2.05, 4.69) is 31.4 Å². The van der Waals surface area contributed by atoms with Gasteiger partial charge in [-0.05, 0) is 67.1 Å². The van der Waals surface area contributed by atoms with Gasteiger partial charge in [-0.25, -0.2) is 10.4 Å². The molecule has 1 aromatic heterocycles. The predicted molar refractivity (Wildman–Crippen MR) is 141 cm³/mol. The highest BCUT2D eigenvalue weighted by molar-refractivity contribution is 9.10. The maximum absolute atomic E-state index is 13.3. The lowest BCUT2D eigenvalue weighted by atomic mass is 10.2. The number of rotatable bonds is 8. The van der Waals surface area contributed by atoms with Gasteiger partial charge in [0.25, 0.3) is 11.5 Å². The molecule has 0 bridgehead atoms. The number of carbonyl (C=O) groups excluding carboxylic acids is 1. The minimum atomic E-state index is -0.361. The first-order valence-corrected chi connectivity index (χ1v) is 12.4. The number of hydrazone groups is 1. The Morgan fingerprint density at radius 1 is 1.20 bits per heavy atom. The van der Waals surface area contributed by atoms with E-state index in [9.17, 15) is 14.7 Å². The SMILES string of the molecule is CCOc1cc(/C=N\NC(=O)CSc2nc3ccccc3c(=O)n2-c2ccc(Br)cc2)ccc1O. The Labute approximate surface area is 213 Å². The second-order valence-corrected chi connectivity index (χ2v) is 9.13. The van der Waals surface area contributed by atoms with Crippen molar-refractivity contribution in [3.05, 3.63) is 87.1 Å². The van der Waals surface area contributed by atoms with Gasteiger partial charge in [-0.15, -0.1) is 0 Å². The number of carbonyl (C=O) groups is 1. The Bertz CT molecular complexity index is 1450. The molecule has 0 radical (unpaired) electrons. The molecule has 8 nitrogen and oxygen atoms in total. The summed E-state index contributed by atoms with van der Waals surface area (Å²) in [5, 5.41) is 14.7. The van der Waals surface area contributed by atoms with Crippen molar-refractivity contribution in [3.8, 4) is 17.2 Å². The number of fused-ring (bicyclic) bond motifs is 1. The molecule has 3 aromatic carbocycles. The molecule has 1 heterocycles. The third kappa shape index (κ3) is 5.90. The minimum absolute atomic E-state index is 0.00157. The zero-order valence-corrected chi connectivity index (χ0v) is 21.0. The Morgan fingerprint density at radius 3 is 2.74 bits per heavy atom. The monoisotopic (exact) mass is 552 g/mol. The van der Waals surface area contributed by atoms with Gasteiger partial charge in [0, 0.05) is 4.47 Å². The Morgan fingerprint density at radius 2 is 1.97 bits per heavy atom. The number of amides is 1. The van der Waals surface area contributed by atoms with Crippen LogP contribution >= 0.6 is 27.7 Å². The van der Waals surface area contributed by atoms with Gasteiger partial charge < -0.3 is 9.84 Å². The van der Waals surface area contributed by atoms with E-state index >= 15 is 0 Å². The van der Waals surface area contributed by atoms with Crippen LogP contribution in [0.15, 0.2) is 86.3 Å². The fraction of sp³-hybridized carbons (Fsp3) is 0.120. The van der Waals surface area contributed by atoms with Crippen LogP contribution in [0.1, 0.15) is 12.5 Å². The summed E-state index contributed by atoms with van der Waals surface area (Å²) in [6.45, 7) is 2.23. The second kappa shape index (κ2) is 11.2. The number of ether oxygens (including phenoxy) is 1. The van der Waals surface area contributed by atoms with Gasteiger partial charge in [0.15, 0.2) is 16.7 Å². The van der Waals surface area contributed by atoms with Crippen molar-refractivity contribution in [3.63, 3.8) is 0 Å². The third-order valence-electron chi connectivity index (χ3n) is 4.85. The zero-order valence-electron chi connectivity index (χ0n) is 18.6. The van der Waals surface area contributed by atoms with Crippen LogP contribution in [-0.4, -0.2) is 39.1 Å². The van der Waals surface area contributed by atoms with Crippen LogP contribution in [-0.2, 0) is 4.79 Å². The van der Waals surface area contributed by atoms with Crippen LogP contribution in [0.2, 0.25) is 0 Å². The molecule has 0 unspecified atom stereocenters. The summed E-state index contributed by atoms with van der Waals surface area (Å²) in [5.74, 6) is 0.00824. The van der Waals surface area contributed by atoms with Crippen LogP contribution in [0.5, 0.6) is 11.5 Å².